The fourth-order valence-electron chi connectivity index (χ4n) is 2.11. The van der Waals surface area contributed by atoms with E-state index in [4.69, 9.17) is 0 Å². The van der Waals surface area contributed by atoms with Crippen LogP contribution in [0.2, 0.25) is 0 Å². The largest absolute Gasteiger partial charge is 0.350 e. The summed E-state index contributed by atoms with van der Waals surface area (Å²) < 4.78 is 14.7. The Labute approximate surface area is 121 Å². The Hall–Kier alpha value is -2.69. The van der Waals surface area contributed by atoms with Gasteiger partial charge in [0.05, 0.1) is 18.7 Å². The second-order valence-corrected chi connectivity index (χ2v) is 4.78. The van der Waals surface area contributed by atoms with Gasteiger partial charge < -0.3 is 9.72 Å². The molecule has 5 heteroatoms. The van der Waals surface area contributed by atoms with Crippen LogP contribution in [-0.4, -0.2) is 15.3 Å². The van der Waals surface area contributed by atoms with Crippen LogP contribution < -0.4 is 5.32 Å². The number of imidazole rings is 1. The van der Waals surface area contributed by atoms with Gasteiger partial charge in [0, 0.05) is 12.4 Å². The molecule has 0 fully saturated rings. The Bertz CT molecular complexity index is 732. The average molecular weight is 283 g/mol. The number of amides is 1. The molecule has 106 valence electrons. The highest BCUT2D eigenvalue weighted by molar-refractivity contribution is 5.78. The lowest BCUT2D eigenvalue weighted by Crippen LogP contribution is -2.24. The summed E-state index contributed by atoms with van der Waals surface area (Å²) in [6, 6.07) is 11.7. The van der Waals surface area contributed by atoms with Crippen molar-refractivity contribution >= 4 is 11.6 Å². The number of nitrogens with zero attached hydrogens (tertiary/aromatic N) is 2. The predicted molar refractivity (Wildman–Crippen MR) is 77.1 cm³/mol. The van der Waals surface area contributed by atoms with Gasteiger partial charge in [-0.2, -0.15) is 0 Å². The molecule has 0 aliphatic heterocycles. The highest BCUT2D eigenvalue weighted by Crippen LogP contribution is 2.05. The van der Waals surface area contributed by atoms with Gasteiger partial charge in [-0.3, -0.25) is 4.79 Å². The molecule has 1 N–H and O–H groups in total. The van der Waals surface area contributed by atoms with Gasteiger partial charge in [0.25, 0.3) is 0 Å². The summed E-state index contributed by atoms with van der Waals surface area (Å²) in [6.45, 7) is 0.377. The predicted octanol–water partition coefficient (Wildman–Crippen LogP) is 2.33. The number of rotatable bonds is 4. The van der Waals surface area contributed by atoms with Crippen LogP contribution in [0.25, 0.3) is 5.65 Å². The molecule has 2 heterocycles. The summed E-state index contributed by atoms with van der Waals surface area (Å²) in [4.78, 5) is 16.2. The number of carbonyl (C=O) groups excluding carboxylic acids is 1. The first-order valence-corrected chi connectivity index (χ1v) is 6.64. The van der Waals surface area contributed by atoms with Crippen molar-refractivity contribution < 1.29 is 9.18 Å². The van der Waals surface area contributed by atoms with E-state index in [1.165, 1.54) is 12.1 Å². The van der Waals surface area contributed by atoms with E-state index in [1.54, 1.807) is 12.1 Å². The summed E-state index contributed by atoms with van der Waals surface area (Å²) in [5.74, 6) is -0.414. The maximum atomic E-state index is 12.8. The number of carbonyl (C=O) groups is 1. The third-order valence-electron chi connectivity index (χ3n) is 3.16. The number of benzene rings is 1. The van der Waals surface area contributed by atoms with E-state index in [0.717, 1.165) is 16.9 Å². The average Bonchev–Trinajstić information content (AvgIpc) is 2.90. The molecule has 3 aromatic rings. The second kappa shape index (κ2) is 5.75. The van der Waals surface area contributed by atoms with Crippen LogP contribution in [0.1, 0.15) is 11.3 Å². The number of nitrogens with one attached hydrogen (secondary N) is 1. The van der Waals surface area contributed by atoms with Gasteiger partial charge in [0.1, 0.15) is 11.5 Å². The number of hydrogen-bond acceptors (Lipinski definition) is 2. The van der Waals surface area contributed by atoms with Gasteiger partial charge >= 0.3 is 0 Å². The van der Waals surface area contributed by atoms with E-state index in [2.05, 4.69) is 10.3 Å². The van der Waals surface area contributed by atoms with Crippen LogP contribution in [0.3, 0.4) is 0 Å². The van der Waals surface area contributed by atoms with Crippen molar-refractivity contribution in [2.24, 2.45) is 0 Å². The molecule has 1 aromatic carbocycles. The van der Waals surface area contributed by atoms with Crippen molar-refractivity contribution in [3.8, 4) is 0 Å². The van der Waals surface area contributed by atoms with Crippen molar-refractivity contribution in [1.82, 2.24) is 14.7 Å². The van der Waals surface area contributed by atoms with Crippen LogP contribution in [-0.2, 0) is 17.8 Å². The monoisotopic (exact) mass is 283 g/mol. The zero-order valence-corrected chi connectivity index (χ0v) is 11.3. The molecule has 0 saturated heterocycles. The lowest BCUT2D eigenvalue weighted by molar-refractivity contribution is -0.120. The smallest absolute Gasteiger partial charge is 0.224 e. The van der Waals surface area contributed by atoms with E-state index in [0.29, 0.717) is 6.54 Å². The number of halogens is 1. The number of pyridine rings is 1. The molecule has 4 nitrogen and oxygen atoms in total. The Morgan fingerprint density at radius 1 is 1.19 bits per heavy atom. The highest BCUT2D eigenvalue weighted by atomic mass is 19.1. The molecule has 2 aromatic heterocycles. The van der Waals surface area contributed by atoms with E-state index in [-0.39, 0.29) is 18.1 Å². The SMILES string of the molecule is O=C(Cc1ccc(F)cc1)NCc1cn2ccccc2n1. The molecule has 0 aliphatic carbocycles. The van der Waals surface area contributed by atoms with Crippen molar-refractivity contribution in [2.45, 2.75) is 13.0 Å². The fraction of sp³-hybridized carbons (Fsp3) is 0.125. The van der Waals surface area contributed by atoms with Crippen molar-refractivity contribution in [1.29, 1.82) is 0 Å². The lowest BCUT2D eigenvalue weighted by Gasteiger charge is -2.03. The zero-order valence-electron chi connectivity index (χ0n) is 11.3. The molecule has 0 atom stereocenters. The molecule has 0 unspecified atom stereocenters. The van der Waals surface area contributed by atoms with Gasteiger partial charge in [-0.1, -0.05) is 18.2 Å². The first kappa shape index (κ1) is 13.3. The minimum Gasteiger partial charge on any atom is -0.350 e. The molecule has 21 heavy (non-hydrogen) atoms. The van der Waals surface area contributed by atoms with E-state index >= 15 is 0 Å². The highest BCUT2D eigenvalue weighted by Gasteiger charge is 2.05. The Kier molecular flexibility index (Phi) is 3.64. The molecule has 0 bridgehead atoms. The molecule has 0 spiro atoms. The van der Waals surface area contributed by atoms with Crippen molar-refractivity contribution in [3.05, 3.63) is 71.9 Å². The van der Waals surface area contributed by atoms with Gasteiger partial charge in [-0.15, -0.1) is 0 Å². The zero-order chi connectivity index (χ0) is 14.7. The van der Waals surface area contributed by atoms with E-state index in [1.807, 2.05) is 35.0 Å². The van der Waals surface area contributed by atoms with Crippen LogP contribution in [0, 0.1) is 5.82 Å². The minimum atomic E-state index is -0.302. The Morgan fingerprint density at radius 2 is 2.00 bits per heavy atom. The van der Waals surface area contributed by atoms with Gasteiger partial charge in [0.15, 0.2) is 0 Å². The maximum Gasteiger partial charge on any atom is 0.224 e. The third-order valence-corrected chi connectivity index (χ3v) is 3.16. The van der Waals surface area contributed by atoms with Gasteiger partial charge in [0.2, 0.25) is 5.91 Å². The van der Waals surface area contributed by atoms with Crippen LogP contribution in [0.5, 0.6) is 0 Å². The number of hydrogen-bond donors (Lipinski definition) is 1. The topological polar surface area (TPSA) is 46.4 Å². The first-order valence-electron chi connectivity index (χ1n) is 6.64. The normalized spacial score (nSPS) is 10.7. The van der Waals surface area contributed by atoms with Crippen molar-refractivity contribution in [3.63, 3.8) is 0 Å². The van der Waals surface area contributed by atoms with Crippen molar-refractivity contribution in [2.75, 3.05) is 0 Å². The number of aromatic nitrogens is 2. The summed E-state index contributed by atoms with van der Waals surface area (Å²) in [6.07, 6.45) is 4.02. The minimum absolute atomic E-state index is 0.112. The fourth-order valence-corrected chi connectivity index (χ4v) is 2.11. The lowest BCUT2D eigenvalue weighted by atomic mass is 10.1. The first-order chi connectivity index (χ1) is 10.2. The molecule has 1 amide bonds. The summed E-state index contributed by atoms with van der Waals surface area (Å²) >= 11 is 0. The maximum absolute atomic E-state index is 12.8. The summed E-state index contributed by atoms with van der Waals surface area (Å²) in [5, 5.41) is 2.81. The van der Waals surface area contributed by atoms with E-state index < -0.39 is 0 Å². The van der Waals surface area contributed by atoms with Crippen LogP contribution in [0.4, 0.5) is 4.39 Å². The molecule has 3 rings (SSSR count). The molecule has 0 aliphatic rings. The second-order valence-electron chi connectivity index (χ2n) is 4.78. The Morgan fingerprint density at radius 3 is 2.76 bits per heavy atom. The van der Waals surface area contributed by atoms with E-state index in [9.17, 15) is 9.18 Å². The van der Waals surface area contributed by atoms with Crippen LogP contribution in [0.15, 0.2) is 54.9 Å². The number of fused-ring (bicyclic) bond motifs is 1. The molecular weight excluding hydrogens is 269 g/mol. The molecule has 0 saturated carbocycles. The Balaban J connectivity index is 1.59. The summed E-state index contributed by atoms with van der Waals surface area (Å²) in [7, 11) is 0. The van der Waals surface area contributed by atoms with Crippen LogP contribution >= 0.6 is 0 Å². The van der Waals surface area contributed by atoms with Gasteiger partial charge in [-0.05, 0) is 29.8 Å². The standard InChI is InChI=1S/C16H14FN3O/c17-13-6-4-12(5-7-13)9-16(21)18-10-14-11-20-8-2-1-3-15(20)19-14/h1-8,11H,9-10H2,(H,18,21). The van der Waals surface area contributed by atoms with Gasteiger partial charge in [-0.25, -0.2) is 9.37 Å². The summed E-state index contributed by atoms with van der Waals surface area (Å²) in [5.41, 5.74) is 2.43. The molecular formula is C16H14FN3O. The third kappa shape index (κ3) is 3.25. The quantitative estimate of drug-likeness (QED) is 0.799. The molecule has 0 radical (unpaired) electrons.